The number of nitrogens with two attached hydrogens (primary N) is 1. The van der Waals surface area contributed by atoms with Crippen LogP contribution in [-0.4, -0.2) is 16.9 Å². The molecule has 1 rings (SSSR count). The minimum atomic E-state index is -0.417. The largest absolute Gasteiger partial charge is 0.349 e. The van der Waals surface area contributed by atoms with Crippen LogP contribution in [0.15, 0.2) is 5.38 Å². The van der Waals surface area contributed by atoms with E-state index in [0.717, 1.165) is 17.1 Å². The highest BCUT2D eigenvalue weighted by atomic mass is 35.5. The Hall–Kier alpha value is -0.360. The first-order valence-corrected chi connectivity index (χ1v) is 6.87. The summed E-state index contributed by atoms with van der Waals surface area (Å²) in [4.78, 5) is 16.1. The molecule has 4 nitrogen and oxygen atoms in total. The maximum Gasteiger partial charge on any atom is 0.237 e. The van der Waals surface area contributed by atoms with E-state index in [4.69, 9.17) is 5.73 Å². The van der Waals surface area contributed by atoms with Crippen LogP contribution in [0.4, 0.5) is 0 Å². The number of aromatic nitrogens is 1. The summed E-state index contributed by atoms with van der Waals surface area (Å²) in [5, 5.41) is 5.90. The van der Waals surface area contributed by atoms with Crippen molar-refractivity contribution in [3.63, 3.8) is 0 Å². The fourth-order valence-electron chi connectivity index (χ4n) is 1.52. The highest BCUT2D eigenvalue weighted by Gasteiger charge is 2.14. The maximum absolute atomic E-state index is 11.7. The van der Waals surface area contributed by atoms with Gasteiger partial charge in [-0.15, -0.1) is 36.2 Å². The number of hydrogen-bond acceptors (Lipinski definition) is 4. The monoisotopic (exact) mass is 327 g/mol. The standard InChI is InChI=1S/C12H21N3OS.2ClH/c1-4-11-15-9(7-17-11)6-14-12(16)10(13)5-8(2)3;;/h7-8,10H,4-6,13H2,1-3H3,(H,14,16);2*1H/t10-;;/m0../s1. The van der Waals surface area contributed by atoms with Crippen LogP contribution in [0.1, 0.15) is 37.9 Å². The number of nitrogens with zero attached hydrogens (tertiary/aromatic N) is 1. The van der Waals surface area contributed by atoms with Gasteiger partial charge in [0.05, 0.1) is 23.3 Å². The molecule has 3 N–H and O–H groups in total. The quantitative estimate of drug-likeness (QED) is 0.843. The van der Waals surface area contributed by atoms with Gasteiger partial charge in [0.2, 0.25) is 5.91 Å². The van der Waals surface area contributed by atoms with E-state index in [1.165, 1.54) is 0 Å². The average Bonchev–Trinajstić information content (AvgIpc) is 2.72. The van der Waals surface area contributed by atoms with E-state index in [0.29, 0.717) is 18.9 Å². The Balaban J connectivity index is 0. The van der Waals surface area contributed by atoms with Crippen LogP contribution < -0.4 is 11.1 Å². The van der Waals surface area contributed by atoms with E-state index in [-0.39, 0.29) is 30.7 Å². The molecular weight excluding hydrogens is 305 g/mol. The van der Waals surface area contributed by atoms with Gasteiger partial charge in [-0.1, -0.05) is 20.8 Å². The van der Waals surface area contributed by atoms with Gasteiger partial charge in [0, 0.05) is 5.38 Å². The summed E-state index contributed by atoms with van der Waals surface area (Å²) >= 11 is 1.63. The van der Waals surface area contributed by atoms with Crippen molar-refractivity contribution in [2.75, 3.05) is 0 Å². The zero-order valence-electron chi connectivity index (χ0n) is 11.5. The predicted molar refractivity (Wildman–Crippen MR) is 85.3 cm³/mol. The Morgan fingerprint density at radius 1 is 1.47 bits per heavy atom. The molecule has 0 saturated carbocycles. The summed E-state index contributed by atoms with van der Waals surface area (Å²) in [5.74, 6) is 0.339. The lowest BCUT2D eigenvalue weighted by atomic mass is 10.0. The van der Waals surface area contributed by atoms with Gasteiger partial charge in [0.25, 0.3) is 0 Å². The first kappa shape index (κ1) is 20.9. The predicted octanol–water partition coefficient (Wildman–Crippen LogP) is 2.54. The fraction of sp³-hybridized carbons (Fsp3) is 0.667. The van der Waals surface area contributed by atoms with E-state index in [2.05, 4.69) is 31.1 Å². The molecular formula is C12H23Cl2N3OS. The molecule has 0 fully saturated rings. The van der Waals surface area contributed by atoms with Crippen molar-refractivity contribution in [3.8, 4) is 0 Å². The first-order valence-electron chi connectivity index (χ1n) is 5.99. The molecule has 0 aliphatic heterocycles. The molecule has 0 unspecified atom stereocenters. The van der Waals surface area contributed by atoms with Crippen LogP contribution in [0.2, 0.25) is 0 Å². The highest BCUT2D eigenvalue weighted by molar-refractivity contribution is 7.09. The number of amides is 1. The van der Waals surface area contributed by atoms with Crippen molar-refractivity contribution in [3.05, 3.63) is 16.1 Å². The minimum Gasteiger partial charge on any atom is -0.349 e. The second-order valence-corrected chi connectivity index (χ2v) is 5.48. The van der Waals surface area contributed by atoms with Crippen molar-refractivity contribution >= 4 is 42.1 Å². The Morgan fingerprint density at radius 3 is 2.58 bits per heavy atom. The van der Waals surface area contributed by atoms with Gasteiger partial charge in [-0.05, 0) is 18.8 Å². The van der Waals surface area contributed by atoms with Crippen molar-refractivity contribution in [2.45, 2.75) is 46.2 Å². The van der Waals surface area contributed by atoms with Crippen molar-refractivity contribution in [1.29, 1.82) is 0 Å². The number of nitrogens with one attached hydrogen (secondary N) is 1. The topological polar surface area (TPSA) is 68.0 Å². The second-order valence-electron chi connectivity index (χ2n) is 4.54. The zero-order valence-corrected chi connectivity index (χ0v) is 14.0. The van der Waals surface area contributed by atoms with Gasteiger partial charge in [-0.3, -0.25) is 4.79 Å². The molecule has 0 spiro atoms. The van der Waals surface area contributed by atoms with Gasteiger partial charge in [0.15, 0.2) is 0 Å². The van der Waals surface area contributed by atoms with Crippen LogP contribution >= 0.6 is 36.2 Å². The number of hydrogen-bond donors (Lipinski definition) is 2. The van der Waals surface area contributed by atoms with Gasteiger partial charge in [-0.2, -0.15) is 0 Å². The summed E-state index contributed by atoms with van der Waals surface area (Å²) in [6, 6.07) is -0.417. The summed E-state index contributed by atoms with van der Waals surface area (Å²) in [6.45, 7) is 6.66. The fourth-order valence-corrected chi connectivity index (χ4v) is 2.26. The lowest BCUT2D eigenvalue weighted by Gasteiger charge is -2.13. The van der Waals surface area contributed by atoms with Crippen molar-refractivity contribution in [1.82, 2.24) is 10.3 Å². The molecule has 1 heterocycles. The molecule has 0 radical (unpaired) electrons. The van der Waals surface area contributed by atoms with Crippen LogP contribution in [-0.2, 0) is 17.8 Å². The first-order chi connectivity index (χ1) is 8.02. The molecule has 1 atom stereocenters. The van der Waals surface area contributed by atoms with Crippen molar-refractivity contribution < 1.29 is 4.79 Å². The van der Waals surface area contributed by atoms with Gasteiger partial charge in [0.1, 0.15) is 0 Å². The van der Waals surface area contributed by atoms with E-state index in [9.17, 15) is 4.79 Å². The second kappa shape index (κ2) is 10.4. The molecule has 1 aromatic rings. The number of halogens is 2. The summed E-state index contributed by atoms with van der Waals surface area (Å²) in [7, 11) is 0. The van der Waals surface area contributed by atoms with Gasteiger partial charge >= 0.3 is 0 Å². The van der Waals surface area contributed by atoms with Crippen molar-refractivity contribution in [2.24, 2.45) is 11.7 Å². The number of thiazole rings is 1. The SMILES string of the molecule is CCc1nc(CNC(=O)[C@@H](N)CC(C)C)cs1.Cl.Cl. The molecule has 1 amide bonds. The Kier molecular flexibility index (Phi) is 11.5. The molecule has 7 heteroatoms. The highest BCUT2D eigenvalue weighted by Crippen LogP contribution is 2.10. The number of carbonyl (C=O) groups is 1. The van der Waals surface area contributed by atoms with Gasteiger partial charge in [-0.25, -0.2) is 4.98 Å². The number of carbonyl (C=O) groups excluding carboxylic acids is 1. The van der Waals surface area contributed by atoms with Crippen LogP contribution in [0.3, 0.4) is 0 Å². The average molecular weight is 328 g/mol. The normalized spacial score (nSPS) is 11.4. The third kappa shape index (κ3) is 7.72. The third-order valence-electron chi connectivity index (χ3n) is 2.41. The van der Waals surface area contributed by atoms with Crippen LogP contribution in [0.5, 0.6) is 0 Å². The van der Waals surface area contributed by atoms with E-state index in [1.54, 1.807) is 11.3 Å². The van der Waals surface area contributed by atoms with Gasteiger partial charge < -0.3 is 11.1 Å². The van der Waals surface area contributed by atoms with E-state index < -0.39 is 6.04 Å². The molecule has 0 saturated heterocycles. The number of aryl methyl sites for hydroxylation is 1. The van der Waals surface area contributed by atoms with Crippen LogP contribution in [0.25, 0.3) is 0 Å². The molecule has 19 heavy (non-hydrogen) atoms. The van der Waals surface area contributed by atoms with E-state index >= 15 is 0 Å². The molecule has 112 valence electrons. The molecule has 0 aliphatic rings. The summed E-state index contributed by atoms with van der Waals surface area (Å²) in [6.07, 6.45) is 1.65. The summed E-state index contributed by atoms with van der Waals surface area (Å²) in [5.41, 5.74) is 6.70. The molecule has 0 aromatic carbocycles. The molecule has 0 aliphatic carbocycles. The minimum absolute atomic E-state index is 0. The summed E-state index contributed by atoms with van der Waals surface area (Å²) < 4.78 is 0. The molecule has 0 bridgehead atoms. The van der Waals surface area contributed by atoms with Crippen LogP contribution in [0, 0.1) is 5.92 Å². The number of rotatable bonds is 6. The Labute approximate surface area is 131 Å². The molecule has 1 aromatic heterocycles. The smallest absolute Gasteiger partial charge is 0.237 e. The third-order valence-corrected chi connectivity index (χ3v) is 3.45. The lowest BCUT2D eigenvalue weighted by molar-refractivity contribution is -0.122. The Bertz CT molecular complexity index is 372. The maximum atomic E-state index is 11.7. The Morgan fingerprint density at radius 2 is 2.11 bits per heavy atom. The van der Waals surface area contributed by atoms with E-state index in [1.807, 2.05) is 5.38 Å². The zero-order chi connectivity index (χ0) is 12.8. The lowest BCUT2D eigenvalue weighted by Crippen LogP contribution is -2.41.